The molecule has 4 rings (SSSR count). The number of sulfone groups is 1. The van der Waals surface area contributed by atoms with Crippen molar-refractivity contribution in [3.63, 3.8) is 0 Å². The number of fused-ring (bicyclic) bond motifs is 2. The minimum atomic E-state index is -4.62. The zero-order valence-electron chi connectivity index (χ0n) is 17.0. The number of hydrogen-bond donors (Lipinski definition) is 0. The molecule has 0 saturated heterocycles. The van der Waals surface area contributed by atoms with Gasteiger partial charge in [-0.3, -0.25) is 0 Å². The lowest BCUT2D eigenvalue weighted by Crippen LogP contribution is -2.10. The highest BCUT2D eigenvalue weighted by atomic mass is 32.2. The van der Waals surface area contributed by atoms with Crippen molar-refractivity contribution in [2.24, 2.45) is 0 Å². The first-order chi connectivity index (χ1) is 15.2. The van der Waals surface area contributed by atoms with E-state index in [1.807, 2.05) is 13.0 Å². The maximum atomic E-state index is 13.3. The van der Waals surface area contributed by atoms with Crippen LogP contribution in [0.25, 0.3) is 21.1 Å². The van der Waals surface area contributed by atoms with E-state index >= 15 is 0 Å². The van der Waals surface area contributed by atoms with Crippen LogP contribution in [-0.2, 0) is 21.8 Å². The third-order valence-electron chi connectivity index (χ3n) is 4.78. The van der Waals surface area contributed by atoms with E-state index in [-0.39, 0.29) is 28.0 Å². The number of aromatic nitrogens is 2. The minimum absolute atomic E-state index is 0.00348. The Morgan fingerprint density at radius 1 is 1.03 bits per heavy atom. The number of pyridine rings is 1. The average Bonchev–Trinajstić information content (AvgIpc) is 3.18. The molecular formula is C22H19F3N2O3S2. The van der Waals surface area contributed by atoms with E-state index in [0.29, 0.717) is 22.9 Å². The van der Waals surface area contributed by atoms with E-state index in [2.05, 4.69) is 9.97 Å². The molecule has 0 saturated carbocycles. The highest BCUT2D eigenvalue weighted by Crippen LogP contribution is 2.35. The largest absolute Gasteiger partial charge is 0.493 e. The second kappa shape index (κ2) is 8.67. The van der Waals surface area contributed by atoms with E-state index in [4.69, 9.17) is 4.74 Å². The van der Waals surface area contributed by atoms with Crippen LogP contribution in [0.5, 0.6) is 5.75 Å². The molecule has 2 heterocycles. The van der Waals surface area contributed by atoms with E-state index in [0.717, 1.165) is 28.5 Å². The van der Waals surface area contributed by atoms with E-state index in [1.54, 1.807) is 18.2 Å². The quantitative estimate of drug-likeness (QED) is 0.303. The second-order valence-corrected chi connectivity index (χ2v) is 10.5. The summed E-state index contributed by atoms with van der Waals surface area (Å²) in [6.07, 6.45) is -3.12. The van der Waals surface area contributed by atoms with E-state index < -0.39 is 21.7 Å². The molecule has 2 aromatic carbocycles. The van der Waals surface area contributed by atoms with Gasteiger partial charge in [-0.25, -0.2) is 18.4 Å². The van der Waals surface area contributed by atoms with Crippen LogP contribution < -0.4 is 4.74 Å². The van der Waals surface area contributed by atoms with Gasteiger partial charge >= 0.3 is 6.18 Å². The molecule has 32 heavy (non-hydrogen) atoms. The summed E-state index contributed by atoms with van der Waals surface area (Å²) in [5.41, 5.74) is 0.0579. The van der Waals surface area contributed by atoms with Gasteiger partial charge in [0.2, 0.25) is 14.2 Å². The maximum absolute atomic E-state index is 13.3. The van der Waals surface area contributed by atoms with Crippen molar-refractivity contribution in [3.8, 4) is 5.75 Å². The molecule has 0 fully saturated rings. The van der Waals surface area contributed by atoms with Gasteiger partial charge in [0.15, 0.2) is 0 Å². The van der Waals surface area contributed by atoms with Crippen molar-refractivity contribution in [1.29, 1.82) is 0 Å². The normalized spacial score (nSPS) is 12.5. The Morgan fingerprint density at radius 3 is 2.53 bits per heavy atom. The van der Waals surface area contributed by atoms with Crippen LogP contribution in [0.4, 0.5) is 13.2 Å². The Morgan fingerprint density at radius 2 is 1.81 bits per heavy atom. The van der Waals surface area contributed by atoms with Crippen molar-refractivity contribution < 1.29 is 26.3 Å². The Kier molecular flexibility index (Phi) is 6.09. The molecule has 0 unspecified atom stereocenters. The lowest BCUT2D eigenvalue weighted by atomic mass is 10.1. The second-order valence-electron chi connectivity index (χ2n) is 7.26. The molecule has 0 bridgehead atoms. The molecule has 0 aliphatic carbocycles. The van der Waals surface area contributed by atoms with Crippen molar-refractivity contribution in [1.82, 2.24) is 9.97 Å². The van der Waals surface area contributed by atoms with Gasteiger partial charge in [0.05, 0.1) is 28.1 Å². The van der Waals surface area contributed by atoms with Gasteiger partial charge in [-0.15, -0.1) is 11.3 Å². The number of ether oxygens (including phenoxy) is 1. The SMILES string of the molecule is CCCCOc1cc(C(F)(F)F)nc2ccc(CS(=O)(=O)c3nc4ccccc4s3)cc12. The summed E-state index contributed by atoms with van der Waals surface area (Å²) in [5.74, 6) is -0.298. The fourth-order valence-corrected chi connectivity index (χ4v) is 5.82. The zero-order chi connectivity index (χ0) is 22.9. The summed E-state index contributed by atoms with van der Waals surface area (Å²) >= 11 is 1.09. The zero-order valence-corrected chi connectivity index (χ0v) is 18.6. The fourth-order valence-electron chi connectivity index (χ4n) is 3.19. The molecule has 5 nitrogen and oxygen atoms in total. The van der Waals surface area contributed by atoms with Gasteiger partial charge in [0.1, 0.15) is 11.4 Å². The monoisotopic (exact) mass is 480 g/mol. The van der Waals surface area contributed by atoms with E-state index in [1.165, 1.54) is 18.2 Å². The highest BCUT2D eigenvalue weighted by Gasteiger charge is 2.34. The van der Waals surface area contributed by atoms with Gasteiger partial charge in [0.25, 0.3) is 0 Å². The average molecular weight is 481 g/mol. The Hall–Kier alpha value is -2.72. The summed E-state index contributed by atoms with van der Waals surface area (Å²) in [5, 5.41) is 0.339. The first-order valence-corrected chi connectivity index (χ1v) is 12.4. The first-order valence-electron chi connectivity index (χ1n) is 9.89. The van der Waals surface area contributed by atoms with Crippen LogP contribution in [-0.4, -0.2) is 25.0 Å². The molecule has 10 heteroatoms. The Bertz CT molecular complexity index is 1350. The molecule has 168 valence electrons. The van der Waals surface area contributed by atoms with Crippen molar-refractivity contribution in [2.75, 3.05) is 6.61 Å². The van der Waals surface area contributed by atoms with Crippen LogP contribution in [0.3, 0.4) is 0 Å². The van der Waals surface area contributed by atoms with Gasteiger partial charge in [-0.2, -0.15) is 13.2 Å². The number of alkyl halides is 3. The number of hydrogen-bond acceptors (Lipinski definition) is 6. The number of para-hydroxylation sites is 1. The Labute approximate surface area is 186 Å². The van der Waals surface area contributed by atoms with Crippen LogP contribution in [0.15, 0.2) is 52.9 Å². The predicted molar refractivity (Wildman–Crippen MR) is 118 cm³/mol. The summed E-state index contributed by atoms with van der Waals surface area (Å²) in [7, 11) is -3.74. The fraction of sp³-hybridized carbons (Fsp3) is 0.273. The number of thiazole rings is 1. The molecule has 0 aliphatic rings. The number of rotatable bonds is 7. The molecule has 0 spiro atoms. The van der Waals surface area contributed by atoms with Crippen molar-refractivity contribution in [2.45, 2.75) is 36.0 Å². The standard InChI is InChI=1S/C22H19F3N2O3S2/c1-2-3-10-30-18-12-20(22(23,24)25)26-16-9-8-14(11-15(16)18)13-32(28,29)21-27-17-6-4-5-7-19(17)31-21/h4-9,11-12H,2-3,10,13H2,1H3. The summed E-state index contributed by atoms with van der Waals surface area (Å²) in [6.45, 7) is 2.20. The number of benzene rings is 2. The summed E-state index contributed by atoms with van der Waals surface area (Å²) < 4.78 is 72.0. The summed E-state index contributed by atoms with van der Waals surface area (Å²) in [6, 6.07) is 12.4. The molecule has 0 aliphatic heterocycles. The predicted octanol–water partition coefficient (Wildman–Crippen LogP) is 6.02. The minimum Gasteiger partial charge on any atom is -0.493 e. The smallest absolute Gasteiger partial charge is 0.433 e. The van der Waals surface area contributed by atoms with Crippen molar-refractivity contribution in [3.05, 3.63) is 59.8 Å². The van der Waals surface area contributed by atoms with E-state index in [9.17, 15) is 21.6 Å². The lowest BCUT2D eigenvalue weighted by Gasteiger charge is -2.14. The third-order valence-corrected chi connectivity index (χ3v) is 7.96. The maximum Gasteiger partial charge on any atom is 0.433 e. The van der Waals surface area contributed by atoms with Crippen LogP contribution in [0.1, 0.15) is 31.0 Å². The first kappa shape index (κ1) is 22.5. The molecule has 0 atom stereocenters. The molecule has 0 radical (unpaired) electrons. The van der Waals surface area contributed by atoms with Gasteiger partial charge < -0.3 is 4.74 Å². The highest BCUT2D eigenvalue weighted by molar-refractivity contribution is 7.92. The summed E-state index contributed by atoms with van der Waals surface area (Å²) in [4.78, 5) is 7.91. The molecular weight excluding hydrogens is 461 g/mol. The topological polar surface area (TPSA) is 69.2 Å². The van der Waals surface area contributed by atoms with Gasteiger partial charge in [-0.1, -0.05) is 31.5 Å². The lowest BCUT2D eigenvalue weighted by molar-refractivity contribution is -0.141. The van der Waals surface area contributed by atoms with Gasteiger partial charge in [0, 0.05) is 11.5 Å². The van der Waals surface area contributed by atoms with Crippen LogP contribution >= 0.6 is 11.3 Å². The molecule has 0 amide bonds. The number of unbranched alkanes of at least 4 members (excludes halogenated alkanes) is 1. The third kappa shape index (κ3) is 4.71. The van der Waals surface area contributed by atoms with Crippen LogP contribution in [0, 0.1) is 0 Å². The molecule has 0 N–H and O–H groups in total. The molecule has 4 aromatic rings. The van der Waals surface area contributed by atoms with Crippen molar-refractivity contribution >= 4 is 42.3 Å². The Balaban J connectivity index is 1.72. The molecule has 2 aromatic heterocycles. The van der Waals surface area contributed by atoms with Gasteiger partial charge in [-0.05, 0) is 36.2 Å². The van der Waals surface area contributed by atoms with Crippen LogP contribution in [0.2, 0.25) is 0 Å². The number of nitrogens with zero attached hydrogens (tertiary/aromatic N) is 2. The number of halogens is 3.